The van der Waals surface area contributed by atoms with E-state index in [0.29, 0.717) is 18.6 Å². The maximum atomic E-state index is 12.0. The largest absolute Gasteiger partial charge is 0.385 e. The van der Waals surface area contributed by atoms with Gasteiger partial charge in [0.15, 0.2) is 0 Å². The summed E-state index contributed by atoms with van der Waals surface area (Å²) in [6, 6.07) is 5.34. The van der Waals surface area contributed by atoms with Crippen LogP contribution in [0.1, 0.15) is 29.3 Å². The molecule has 1 atom stereocenters. The molecule has 0 fully saturated rings. The standard InChI is InChI=1S/C14H18N2O3/c1-9(5-6-19-2)15-14(18)11-4-3-10-8-13(17)16-12(10)7-11/h3-4,7,9H,5-6,8H2,1-2H3,(H,15,18)(H,16,17). The molecule has 1 aromatic carbocycles. The third-order valence-electron chi connectivity index (χ3n) is 3.13. The van der Waals surface area contributed by atoms with Gasteiger partial charge >= 0.3 is 0 Å². The first-order valence-electron chi connectivity index (χ1n) is 6.32. The van der Waals surface area contributed by atoms with Crippen LogP contribution in [0.25, 0.3) is 0 Å². The van der Waals surface area contributed by atoms with Crippen molar-refractivity contribution in [2.75, 3.05) is 19.0 Å². The fourth-order valence-corrected chi connectivity index (χ4v) is 2.03. The van der Waals surface area contributed by atoms with E-state index in [2.05, 4.69) is 10.6 Å². The second-order valence-electron chi connectivity index (χ2n) is 4.75. The normalized spacial score (nSPS) is 14.7. The van der Waals surface area contributed by atoms with Gasteiger partial charge in [0.1, 0.15) is 0 Å². The zero-order chi connectivity index (χ0) is 13.8. The van der Waals surface area contributed by atoms with Crippen LogP contribution < -0.4 is 10.6 Å². The van der Waals surface area contributed by atoms with Gasteiger partial charge in [0.25, 0.3) is 5.91 Å². The molecular weight excluding hydrogens is 244 g/mol. The molecule has 0 aromatic heterocycles. The molecule has 0 spiro atoms. The summed E-state index contributed by atoms with van der Waals surface area (Å²) in [6.45, 7) is 2.55. The van der Waals surface area contributed by atoms with Gasteiger partial charge in [-0.15, -0.1) is 0 Å². The molecule has 102 valence electrons. The predicted molar refractivity (Wildman–Crippen MR) is 72.2 cm³/mol. The first kappa shape index (κ1) is 13.5. The highest BCUT2D eigenvalue weighted by molar-refractivity contribution is 6.02. The molecular formula is C14H18N2O3. The molecule has 19 heavy (non-hydrogen) atoms. The van der Waals surface area contributed by atoms with E-state index in [9.17, 15) is 9.59 Å². The minimum Gasteiger partial charge on any atom is -0.385 e. The summed E-state index contributed by atoms with van der Waals surface area (Å²) in [6.07, 6.45) is 1.16. The Hall–Kier alpha value is -1.88. The number of carbonyl (C=O) groups excluding carboxylic acids is 2. The van der Waals surface area contributed by atoms with Crippen LogP contribution in [-0.4, -0.2) is 31.6 Å². The summed E-state index contributed by atoms with van der Waals surface area (Å²) in [5.74, 6) is -0.159. The highest BCUT2D eigenvalue weighted by Gasteiger charge is 2.19. The summed E-state index contributed by atoms with van der Waals surface area (Å²) in [4.78, 5) is 23.3. The van der Waals surface area contributed by atoms with Gasteiger partial charge in [0.05, 0.1) is 6.42 Å². The Kier molecular flexibility index (Phi) is 4.16. The Morgan fingerprint density at radius 3 is 3.05 bits per heavy atom. The molecule has 0 bridgehead atoms. The SMILES string of the molecule is COCCC(C)NC(=O)c1ccc2c(c1)NC(=O)C2. The van der Waals surface area contributed by atoms with E-state index in [4.69, 9.17) is 4.74 Å². The topological polar surface area (TPSA) is 67.4 Å². The third-order valence-corrected chi connectivity index (χ3v) is 3.13. The number of nitrogens with one attached hydrogen (secondary N) is 2. The molecule has 1 aromatic rings. The van der Waals surface area contributed by atoms with Gasteiger partial charge in [0.2, 0.25) is 5.91 Å². The van der Waals surface area contributed by atoms with Gasteiger partial charge in [-0.05, 0) is 31.0 Å². The van der Waals surface area contributed by atoms with E-state index < -0.39 is 0 Å². The number of ether oxygens (including phenoxy) is 1. The molecule has 0 saturated heterocycles. The molecule has 0 aliphatic carbocycles. The van der Waals surface area contributed by atoms with E-state index in [1.807, 2.05) is 13.0 Å². The number of hydrogen-bond donors (Lipinski definition) is 2. The Morgan fingerprint density at radius 1 is 1.53 bits per heavy atom. The van der Waals surface area contributed by atoms with Crippen molar-refractivity contribution in [2.45, 2.75) is 25.8 Å². The fraction of sp³-hybridized carbons (Fsp3) is 0.429. The zero-order valence-corrected chi connectivity index (χ0v) is 11.2. The Labute approximate surface area is 112 Å². The molecule has 0 saturated carbocycles. The van der Waals surface area contributed by atoms with Crippen LogP contribution in [0, 0.1) is 0 Å². The average Bonchev–Trinajstić information content (AvgIpc) is 2.75. The molecule has 1 aliphatic heterocycles. The number of carbonyl (C=O) groups is 2. The molecule has 2 N–H and O–H groups in total. The van der Waals surface area contributed by atoms with Crippen molar-refractivity contribution in [3.8, 4) is 0 Å². The van der Waals surface area contributed by atoms with E-state index >= 15 is 0 Å². The lowest BCUT2D eigenvalue weighted by Gasteiger charge is -2.13. The van der Waals surface area contributed by atoms with Crippen molar-refractivity contribution in [1.82, 2.24) is 5.32 Å². The smallest absolute Gasteiger partial charge is 0.251 e. The monoisotopic (exact) mass is 262 g/mol. The van der Waals surface area contributed by atoms with E-state index in [1.54, 1.807) is 19.2 Å². The molecule has 1 aliphatic rings. The third kappa shape index (κ3) is 3.32. The fourth-order valence-electron chi connectivity index (χ4n) is 2.03. The van der Waals surface area contributed by atoms with Crippen LogP contribution in [0.3, 0.4) is 0 Å². The number of rotatable bonds is 5. The van der Waals surface area contributed by atoms with Gasteiger partial charge in [-0.2, -0.15) is 0 Å². The Morgan fingerprint density at radius 2 is 2.32 bits per heavy atom. The maximum absolute atomic E-state index is 12.0. The number of hydrogen-bond acceptors (Lipinski definition) is 3. The van der Waals surface area contributed by atoms with Crippen LogP contribution in [-0.2, 0) is 16.0 Å². The zero-order valence-electron chi connectivity index (χ0n) is 11.2. The lowest BCUT2D eigenvalue weighted by molar-refractivity contribution is -0.115. The van der Waals surface area contributed by atoms with Crippen LogP contribution in [0.5, 0.6) is 0 Å². The van der Waals surface area contributed by atoms with Crippen LogP contribution in [0.15, 0.2) is 18.2 Å². The van der Waals surface area contributed by atoms with Crippen molar-refractivity contribution in [3.05, 3.63) is 29.3 Å². The quantitative estimate of drug-likeness (QED) is 0.841. The van der Waals surface area contributed by atoms with Gasteiger partial charge < -0.3 is 15.4 Å². The highest BCUT2D eigenvalue weighted by Crippen LogP contribution is 2.23. The summed E-state index contributed by atoms with van der Waals surface area (Å²) >= 11 is 0. The van der Waals surface area contributed by atoms with Crippen molar-refractivity contribution in [1.29, 1.82) is 0 Å². The average molecular weight is 262 g/mol. The first-order chi connectivity index (χ1) is 9.10. The van der Waals surface area contributed by atoms with Gasteiger partial charge in [-0.25, -0.2) is 0 Å². The number of anilines is 1. The molecule has 2 rings (SSSR count). The lowest BCUT2D eigenvalue weighted by Crippen LogP contribution is -2.33. The maximum Gasteiger partial charge on any atom is 0.251 e. The summed E-state index contributed by atoms with van der Waals surface area (Å²) < 4.78 is 4.97. The van der Waals surface area contributed by atoms with Gasteiger partial charge in [-0.1, -0.05) is 6.07 Å². The Bertz CT molecular complexity index is 499. The van der Waals surface area contributed by atoms with Crippen LogP contribution in [0.2, 0.25) is 0 Å². The summed E-state index contributed by atoms with van der Waals surface area (Å²) in [5.41, 5.74) is 2.24. The minimum atomic E-state index is -0.132. The van der Waals surface area contributed by atoms with Crippen LogP contribution >= 0.6 is 0 Å². The molecule has 5 heteroatoms. The number of benzene rings is 1. The summed E-state index contributed by atoms with van der Waals surface area (Å²) in [7, 11) is 1.64. The Balaban J connectivity index is 2.00. The lowest BCUT2D eigenvalue weighted by atomic mass is 10.1. The number of fused-ring (bicyclic) bond motifs is 1. The van der Waals surface area contributed by atoms with E-state index in [-0.39, 0.29) is 17.9 Å². The summed E-state index contributed by atoms with van der Waals surface area (Å²) in [5, 5.41) is 5.64. The van der Waals surface area contributed by atoms with E-state index in [1.165, 1.54) is 0 Å². The number of amides is 2. The first-order valence-corrected chi connectivity index (χ1v) is 6.32. The molecule has 1 heterocycles. The van der Waals surface area contributed by atoms with Crippen molar-refractivity contribution < 1.29 is 14.3 Å². The highest BCUT2D eigenvalue weighted by atomic mass is 16.5. The van der Waals surface area contributed by atoms with Crippen molar-refractivity contribution in [2.24, 2.45) is 0 Å². The van der Waals surface area contributed by atoms with Crippen LogP contribution in [0.4, 0.5) is 5.69 Å². The molecule has 2 amide bonds. The number of methoxy groups -OCH3 is 1. The minimum absolute atomic E-state index is 0.0268. The second kappa shape index (κ2) is 5.84. The molecule has 0 radical (unpaired) electrons. The second-order valence-corrected chi connectivity index (χ2v) is 4.75. The van der Waals surface area contributed by atoms with Gasteiger partial charge in [-0.3, -0.25) is 9.59 Å². The molecule has 1 unspecified atom stereocenters. The predicted octanol–water partition coefficient (Wildman–Crippen LogP) is 1.34. The van der Waals surface area contributed by atoms with Crippen molar-refractivity contribution >= 4 is 17.5 Å². The molecule has 5 nitrogen and oxygen atoms in total. The van der Waals surface area contributed by atoms with Crippen molar-refractivity contribution in [3.63, 3.8) is 0 Å². The van der Waals surface area contributed by atoms with E-state index in [0.717, 1.165) is 17.7 Å². The van der Waals surface area contributed by atoms with Gasteiger partial charge in [0, 0.05) is 31.0 Å².